The van der Waals surface area contributed by atoms with E-state index in [1.807, 2.05) is 36.4 Å². The largest absolute Gasteiger partial charge is 0.493 e. The Kier molecular flexibility index (Phi) is 4.11. The zero-order valence-electron chi connectivity index (χ0n) is 9.54. The van der Waals surface area contributed by atoms with Crippen molar-refractivity contribution in [1.82, 2.24) is 4.98 Å². The van der Waals surface area contributed by atoms with Gasteiger partial charge in [0, 0.05) is 18.8 Å². The fourth-order valence-corrected chi connectivity index (χ4v) is 1.53. The number of hydrogen-bond donors (Lipinski definition) is 1. The van der Waals surface area contributed by atoms with Crippen LogP contribution in [0.15, 0.2) is 48.8 Å². The lowest BCUT2D eigenvalue weighted by Crippen LogP contribution is -2.01. The molecular formula is C14H15NO2. The first-order valence-corrected chi connectivity index (χ1v) is 5.60. The zero-order valence-corrected chi connectivity index (χ0v) is 9.54. The fourth-order valence-electron chi connectivity index (χ4n) is 1.53. The van der Waals surface area contributed by atoms with Crippen LogP contribution in [0.5, 0.6) is 5.75 Å². The van der Waals surface area contributed by atoms with Crippen molar-refractivity contribution in [3.8, 4) is 5.75 Å². The van der Waals surface area contributed by atoms with E-state index in [1.165, 1.54) is 5.56 Å². The Hall–Kier alpha value is -1.87. The van der Waals surface area contributed by atoms with Crippen molar-refractivity contribution in [2.45, 2.75) is 13.0 Å². The molecule has 0 aliphatic heterocycles. The van der Waals surface area contributed by atoms with Gasteiger partial charge in [-0.2, -0.15) is 0 Å². The average Bonchev–Trinajstić information content (AvgIpc) is 2.41. The van der Waals surface area contributed by atoms with Gasteiger partial charge in [0.25, 0.3) is 0 Å². The van der Waals surface area contributed by atoms with E-state index < -0.39 is 0 Å². The van der Waals surface area contributed by atoms with E-state index in [1.54, 1.807) is 12.4 Å². The van der Waals surface area contributed by atoms with Crippen LogP contribution in [0.3, 0.4) is 0 Å². The van der Waals surface area contributed by atoms with Crippen LogP contribution in [-0.2, 0) is 13.0 Å². The van der Waals surface area contributed by atoms with Crippen LogP contribution in [0.2, 0.25) is 0 Å². The van der Waals surface area contributed by atoms with Crippen molar-refractivity contribution >= 4 is 0 Å². The summed E-state index contributed by atoms with van der Waals surface area (Å²) in [5.41, 5.74) is 2.11. The van der Waals surface area contributed by atoms with Gasteiger partial charge in [-0.15, -0.1) is 0 Å². The average molecular weight is 229 g/mol. The number of pyridine rings is 1. The summed E-state index contributed by atoms with van der Waals surface area (Å²) in [6, 6.07) is 11.4. The molecule has 1 N–H and O–H groups in total. The van der Waals surface area contributed by atoms with Crippen LogP contribution < -0.4 is 4.74 Å². The molecule has 1 aromatic carbocycles. The minimum Gasteiger partial charge on any atom is -0.493 e. The monoisotopic (exact) mass is 229 g/mol. The smallest absolute Gasteiger partial charge is 0.119 e. The van der Waals surface area contributed by atoms with Crippen molar-refractivity contribution in [1.29, 1.82) is 0 Å². The molecule has 88 valence electrons. The quantitative estimate of drug-likeness (QED) is 0.854. The van der Waals surface area contributed by atoms with Crippen LogP contribution in [0.1, 0.15) is 11.1 Å². The number of aromatic nitrogens is 1. The SMILES string of the molecule is OCc1ccc(OCCc2ccncc2)cc1. The van der Waals surface area contributed by atoms with Gasteiger partial charge in [-0.05, 0) is 35.4 Å². The van der Waals surface area contributed by atoms with Crippen LogP contribution in [0.4, 0.5) is 0 Å². The van der Waals surface area contributed by atoms with Crippen molar-refractivity contribution < 1.29 is 9.84 Å². The van der Waals surface area contributed by atoms with Crippen LogP contribution >= 0.6 is 0 Å². The van der Waals surface area contributed by atoms with Crippen molar-refractivity contribution in [3.63, 3.8) is 0 Å². The van der Waals surface area contributed by atoms with Gasteiger partial charge in [0.15, 0.2) is 0 Å². The molecule has 3 nitrogen and oxygen atoms in total. The van der Waals surface area contributed by atoms with Crippen molar-refractivity contribution in [2.75, 3.05) is 6.61 Å². The molecule has 0 unspecified atom stereocenters. The highest BCUT2D eigenvalue weighted by Gasteiger charge is 1.96. The van der Waals surface area contributed by atoms with E-state index in [-0.39, 0.29) is 6.61 Å². The maximum absolute atomic E-state index is 8.91. The van der Waals surface area contributed by atoms with Gasteiger partial charge < -0.3 is 9.84 Å². The molecular weight excluding hydrogens is 214 g/mol. The van der Waals surface area contributed by atoms with Gasteiger partial charge in [0.2, 0.25) is 0 Å². The van der Waals surface area contributed by atoms with E-state index in [2.05, 4.69) is 4.98 Å². The predicted octanol–water partition coefficient (Wildman–Crippen LogP) is 2.20. The van der Waals surface area contributed by atoms with Gasteiger partial charge in [-0.1, -0.05) is 12.1 Å². The first kappa shape index (κ1) is 11.6. The molecule has 2 aromatic rings. The summed E-state index contributed by atoms with van der Waals surface area (Å²) in [6.45, 7) is 0.708. The highest BCUT2D eigenvalue weighted by molar-refractivity contribution is 5.26. The summed E-state index contributed by atoms with van der Waals surface area (Å²) in [5, 5.41) is 8.91. The number of rotatable bonds is 5. The number of hydrogen-bond acceptors (Lipinski definition) is 3. The molecule has 0 amide bonds. The highest BCUT2D eigenvalue weighted by Crippen LogP contribution is 2.12. The second-order valence-corrected chi connectivity index (χ2v) is 3.76. The second-order valence-electron chi connectivity index (χ2n) is 3.76. The summed E-state index contributed by atoms with van der Waals surface area (Å²) >= 11 is 0. The maximum Gasteiger partial charge on any atom is 0.119 e. The molecule has 0 aliphatic carbocycles. The first-order valence-electron chi connectivity index (χ1n) is 5.60. The third kappa shape index (κ3) is 3.57. The van der Waals surface area contributed by atoms with Gasteiger partial charge in [0.1, 0.15) is 5.75 Å². The molecule has 0 spiro atoms. The van der Waals surface area contributed by atoms with Crippen molar-refractivity contribution in [2.24, 2.45) is 0 Å². The lowest BCUT2D eigenvalue weighted by atomic mass is 10.2. The Balaban J connectivity index is 1.82. The lowest BCUT2D eigenvalue weighted by molar-refractivity contribution is 0.281. The number of ether oxygens (including phenoxy) is 1. The van der Waals surface area contributed by atoms with Crippen LogP contribution in [0, 0.1) is 0 Å². The Labute approximate surface area is 101 Å². The highest BCUT2D eigenvalue weighted by atomic mass is 16.5. The molecule has 0 aliphatic rings. The molecule has 0 fully saturated rings. The van der Waals surface area contributed by atoms with E-state index in [9.17, 15) is 0 Å². The normalized spacial score (nSPS) is 10.2. The molecule has 1 heterocycles. The Morgan fingerprint density at radius 1 is 0.941 bits per heavy atom. The van der Waals surface area contributed by atoms with Gasteiger partial charge in [0.05, 0.1) is 13.2 Å². The van der Waals surface area contributed by atoms with Gasteiger partial charge in [-0.25, -0.2) is 0 Å². The number of nitrogens with zero attached hydrogens (tertiary/aromatic N) is 1. The summed E-state index contributed by atoms with van der Waals surface area (Å²) < 4.78 is 5.61. The van der Waals surface area contributed by atoms with Crippen molar-refractivity contribution in [3.05, 3.63) is 59.9 Å². The maximum atomic E-state index is 8.91. The standard InChI is InChI=1S/C14H15NO2/c16-11-13-1-3-14(4-2-13)17-10-7-12-5-8-15-9-6-12/h1-6,8-9,16H,7,10-11H2. The molecule has 0 saturated heterocycles. The Morgan fingerprint density at radius 2 is 1.65 bits per heavy atom. The lowest BCUT2D eigenvalue weighted by Gasteiger charge is -2.06. The van der Waals surface area contributed by atoms with Crippen LogP contribution in [0.25, 0.3) is 0 Å². The second kappa shape index (κ2) is 6.01. The third-order valence-corrected chi connectivity index (χ3v) is 2.51. The molecule has 0 bridgehead atoms. The number of aliphatic hydroxyl groups is 1. The summed E-state index contributed by atoms with van der Waals surface area (Å²) in [7, 11) is 0. The fraction of sp³-hybridized carbons (Fsp3) is 0.214. The Morgan fingerprint density at radius 3 is 2.29 bits per heavy atom. The predicted molar refractivity (Wildman–Crippen MR) is 65.8 cm³/mol. The first-order chi connectivity index (χ1) is 8.38. The molecule has 0 saturated carbocycles. The summed E-state index contributed by atoms with van der Waals surface area (Å²) in [4.78, 5) is 3.97. The number of benzene rings is 1. The third-order valence-electron chi connectivity index (χ3n) is 2.51. The van der Waals surface area contributed by atoms with Crippen LogP contribution in [-0.4, -0.2) is 16.7 Å². The molecule has 1 aromatic heterocycles. The minimum atomic E-state index is 0.0668. The molecule has 2 rings (SSSR count). The van der Waals surface area contributed by atoms with E-state index >= 15 is 0 Å². The zero-order chi connectivity index (χ0) is 11.9. The molecule has 0 radical (unpaired) electrons. The number of aliphatic hydroxyl groups excluding tert-OH is 1. The van der Waals surface area contributed by atoms with E-state index in [0.717, 1.165) is 17.7 Å². The molecule has 17 heavy (non-hydrogen) atoms. The summed E-state index contributed by atoms with van der Waals surface area (Å²) in [6.07, 6.45) is 4.43. The minimum absolute atomic E-state index is 0.0668. The van der Waals surface area contributed by atoms with Gasteiger partial charge in [-0.3, -0.25) is 4.98 Å². The summed E-state index contributed by atoms with van der Waals surface area (Å²) in [5.74, 6) is 0.830. The van der Waals surface area contributed by atoms with Gasteiger partial charge >= 0.3 is 0 Å². The molecule has 0 atom stereocenters. The van der Waals surface area contributed by atoms with E-state index in [0.29, 0.717) is 6.61 Å². The van der Waals surface area contributed by atoms with E-state index in [4.69, 9.17) is 9.84 Å². The topological polar surface area (TPSA) is 42.4 Å². The molecule has 3 heteroatoms. The Bertz CT molecular complexity index is 440.